The van der Waals surface area contributed by atoms with Crippen LogP contribution in [0.4, 0.5) is 0 Å². The van der Waals surface area contributed by atoms with Crippen LogP contribution in [0.15, 0.2) is 58.6 Å². The van der Waals surface area contributed by atoms with Crippen LogP contribution in [0.5, 0.6) is 0 Å². The van der Waals surface area contributed by atoms with Crippen molar-refractivity contribution in [3.8, 4) is 11.5 Å². The summed E-state index contributed by atoms with van der Waals surface area (Å²) >= 11 is 0. The van der Waals surface area contributed by atoms with Gasteiger partial charge in [0.1, 0.15) is 0 Å². The maximum absolute atomic E-state index is 12.2. The van der Waals surface area contributed by atoms with E-state index in [4.69, 9.17) is 4.52 Å². The first kappa shape index (κ1) is 18.0. The number of aryl methyl sites for hydroxylation is 1. The third kappa shape index (κ3) is 3.82. The minimum absolute atomic E-state index is 0.0189. The Labute approximate surface area is 160 Å². The van der Waals surface area contributed by atoms with E-state index in [1.165, 1.54) is 6.08 Å². The summed E-state index contributed by atoms with van der Waals surface area (Å²) in [6.07, 6.45) is 3.27. The Bertz CT molecular complexity index is 1240. The number of sulfonamides is 1. The molecule has 0 bridgehead atoms. The molecule has 0 saturated heterocycles. The van der Waals surface area contributed by atoms with E-state index in [0.717, 1.165) is 11.0 Å². The fourth-order valence-corrected chi connectivity index (χ4v) is 3.37. The number of nitrogens with one attached hydrogen (secondary N) is 1. The van der Waals surface area contributed by atoms with E-state index in [2.05, 4.69) is 25.1 Å². The molecule has 4 rings (SSSR count). The Morgan fingerprint density at radius 2 is 1.96 bits per heavy atom. The average Bonchev–Trinajstić information content (AvgIpc) is 3.32. The number of aromatic nitrogens is 5. The van der Waals surface area contributed by atoms with Gasteiger partial charge in [-0.1, -0.05) is 35.5 Å². The SMILES string of the molecule is Cc1noc(-c2cccn3c(CNS(=O)(=O)/C=C/c4ccccc4)nnc23)n1. The molecular weight excluding hydrogens is 380 g/mol. The first-order valence-corrected chi connectivity index (χ1v) is 9.92. The number of pyridine rings is 1. The van der Waals surface area contributed by atoms with Crippen molar-refractivity contribution in [1.82, 2.24) is 29.5 Å². The van der Waals surface area contributed by atoms with E-state index in [1.54, 1.807) is 29.7 Å². The van der Waals surface area contributed by atoms with Gasteiger partial charge in [-0.15, -0.1) is 10.2 Å². The second kappa shape index (κ2) is 7.33. The maximum atomic E-state index is 12.2. The number of nitrogens with zero attached hydrogens (tertiary/aromatic N) is 5. The average molecular weight is 396 g/mol. The van der Waals surface area contributed by atoms with Crippen LogP contribution in [-0.4, -0.2) is 33.2 Å². The number of fused-ring (bicyclic) bond motifs is 1. The predicted octanol–water partition coefficient (Wildman–Crippen LogP) is 2.18. The fraction of sp³-hybridized carbons (Fsp3) is 0.111. The molecule has 0 aliphatic heterocycles. The molecule has 3 heterocycles. The van der Waals surface area contributed by atoms with Gasteiger partial charge in [-0.25, -0.2) is 13.1 Å². The van der Waals surface area contributed by atoms with Gasteiger partial charge in [0.25, 0.3) is 5.89 Å². The summed E-state index contributed by atoms with van der Waals surface area (Å²) in [6.45, 7) is 1.70. The van der Waals surface area contributed by atoms with Crippen LogP contribution in [0.3, 0.4) is 0 Å². The van der Waals surface area contributed by atoms with Crippen molar-refractivity contribution >= 4 is 21.7 Å². The van der Waals surface area contributed by atoms with Crippen LogP contribution in [-0.2, 0) is 16.6 Å². The Kier molecular flexibility index (Phi) is 4.72. The molecule has 0 spiro atoms. The topological polar surface area (TPSA) is 115 Å². The zero-order chi connectivity index (χ0) is 19.6. The van der Waals surface area contributed by atoms with Crippen LogP contribution in [0.1, 0.15) is 17.2 Å². The van der Waals surface area contributed by atoms with Crippen LogP contribution in [0, 0.1) is 6.92 Å². The summed E-state index contributed by atoms with van der Waals surface area (Å²) in [6, 6.07) is 12.7. The van der Waals surface area contributed by atoms with E-state index in [1.807, 2.05) is 30.3 Å². The summed E-state index contributed by atoms with van der Waals surface area (Å²) in [5.74, 6) is 1.27. The molecule has 9 nitrogen and oxygen atoms in total. The highest BCUT2D eigenvalue weighted by molar-refractivity contribution is 7.92. The Hall–Kier alpha value is -3.37. The normalized spacial score (nSPS) is 12.2. The molecule has 0 fully saturated rings. The molecule has 0 amide bonds. The minimum atomic E-state index is -3.64. The van der Waals surface area contributed by atoms with Crippen LogP contribution in [0.2, 0.25) is 0 Å². The largest absolute Gasteiger partial charge is 0.334 e. The number of hydrogen-bond acceptors (Lipinski definition) is 7. The molecule has 4 aromatic rings. The molecule has 0 aliphatic carbocycles. The Morgan fingerprint density at radius 3 is 2.71 bits per heavy atom. The number of hydrogen-bond donors (Lipinski definition) is 1. The first-order valence-electron chi connectivity index (χ1n) is 8.38. The van der Waals surface area contributed by atoms with Crippen molar-refractivity contribution in [3.05, 3.63) is 71.3 Å². The molecule has 3 aromatic heterocycles. The fourth-order valence-electron chi connectivity index (χ4n) is 2.60. The monoisotopic (exact) mass is 396 g/mol. The Balaban J connectivity index is 1.55. The van der Waals surface area contributed by atoms with Crippen LogP contribution < -0.4 is 4.72 Å². The van der Waals surface area contributed by atoms with Crippen LogP contribution in [0.25, 0.3) is 23.2 Å². The molecule has 0 atom stereocenters. The summed E-state index contributed by atoms with van der Waals surface area (Å²) < 4.78 is 33.8. The van der Waals surface area contributed by atoms with Crippen molar-refractivity contribution < 1.29 is 12.9 Å². The van der Waals surface area contributed by atoms with E-state index < -0.39 is 10.0 Å². The van der Waals surface area contributed by atoms with Gasteiger partial charge in [0.15, 0.2) is 17.3 Å². The molecule has 10 heteroatoms. The van der Waals surface area contributed by atoms with Gasteiger partial charge in [0.05, 0.1) is 12.1 Å². The lowest BCUT2D eigenvalue weighted by Crippen LogP contribution is -2.22. The first-order chi connectivity index (χ1) is 13.5. The van der Waals surface area contributed by atoms with Gasteiger partial charge < -0.3 is 4.52 Å². The molecule has 142 valence electrons. The molecule has 0 unspecified atom stereocenters. The van der Waals surface area contributed by atoms with E-state index in [-0.39, 0.29) is 6.54 Å². The standard InChI is InChI=1S/C18H16N6O3S/c1-13-20-18(27-23-13)15-8-5-10-24-16(21-22-17(15)24)12-19-28(25,26)11-9-14-6-3-2-4-7-14/h2-11,19H,12H2,1H3/b11-9+. The third-order valence-electron chi connectivity index (χ3n) is 3.93. The molecular formula is C18H16N6O3S. The summed E-state index contributed by atoms with van der Waals surface area (Å²) in [5.41, 5.74) is 1.91. The minimum Gasteiger partial charge on any atom is -0.334 e. The van der Waals surface area contributed by atoms with Crippen molar-refractivity contribution in [3.63, 3.8) is 0 Å². The van der Waals surface area contributed by atoms with Gasteiger partial charge in [-0.3, -0.25) is 4.40 Å². The molecule has 28 heavy (non-hydrogen) atoms. The quantitative estimate of drug-likeness (QED) is 0.531. The highest BCUT2D eigenvalue weighted by atomic mass is 32.2. The van der Waals surface area contributed by atoms with Crippen molar-refractivity contribution in [2.45, 2.75) is 13.5 Å². The smallest absolute Gasteiger partial charge is 0.261 e. The zero-order valence-corrected chi connectivity index (χ0v) is 15.7. The van der Waals surface area contributed by atoms with E-state index in [0.29, 0.717) is 28.8 Å². The van der Waals surface area contributed by atoms with Gasteiger partial charge in [0, 0.05) is 11.6 Å². The van der Waals surface area contributed by atoms with Gasteiger partial charge in [0.2, 0.25) is 10.0 Å². The number of rotatable bonds is 6. The van der Waals surface area contributed by atoms with Crippen molar-refractivity contribution in [1.29, 1.82) is 0 Å². The van der Waals surface area contributed by atoms with Crippen molar-refractivity contribution in [2.24, 2.45) is 0 Å². The molecule has 0 aliphatic rings. The van der Waals surface area contributed by atoms with Gasteiger partial charge in [-0.05, 0) is 30.7 Å². The Morgan fingerprint density at radius 1 is 1.14 bits per heavy atom. The van der Waals surface area contributed by atoms with Crippen LogP contribution >= 0.6 is 0 Å². The maximum Gasteiger partial charge on any atom is 0.261 e. The third-order valence-corrected chi connectivity index (χ3v) is 4.98. The second-order valence-corrected chi connectivity index (χ2v) is 7.61. The number of benzene rings is 1. The van der Waals surface area contributed by atoms with Gasteiger partial charge >= 0.3 is 0 Å². The van der Waals surface area contributed by atoms with Gasteiger partial charge in [-0.2, -0.15) is 4.98 Å². The van der Waals surface area contributed by atoms with E-state index in [9.17, 15) is 8.42 Å². The lowest BCUT2D eigenvalue weighted by atomic mass is 10.2. The molecule has 0 saturated carbocycles. The zero-order valence-electron chi connectivity index (χ0n) is 14.8. The van der Waals surface area contributed by atoms with Crippen molar-refractivity contribution in [2.75, 3.05) is 0 Å². The molecule has 0 radical (unpaired) electrons. The van der Waals surface area contributed by atoms with E-state index >= 15 is 0 Å². The highest BCUT2D eigenvalue weighted by Crippen LogP contribution is 2.22. The highest BCUT2D eigenvalue weighted by Gasteiger charge is 2.16. The summed E-state index contributed by atoms with van der Waals surface area (Å²) in [4.78, 5) is 4.20. The lowest BCUT2D eigenvalue weighted by molar-refractivity contribution is 0.426. The molecule has 1 N–H and O–H groups in total. The molecule has 1 aromatic carbocycles. The second-order valence-electron chi connectivity index (χ2n) is 5.96. The summed E-state index contributed by atoms with van der Waals surface area (Å²) in [5, 5.41) is 13.1. The predicted molar refractivity (Wildman–Crippen MR) is 102 cm³/mol. The lowest BCUT2D eigenvalue weighted by Gasteiger charge is -2.03. The summed E-state index contributed by atoms with van der Waals surface area (Å²) in [7, 11) is -3.64.